The largest absolute Gasteiger partial charge is 0.444 e. The van der Waals surface area contributed by atoms with Crippen LogP contribution >= 0.6 is 0 Å². The van der Waals surface area contributed by atoms with Crippen molar-refractivity contribution in [2.24, 2.45) is 0 Å². The van der Waals surface area contributed by atoms with Gasteiger partial charge in [-0.05, 0) is 76.9 Å². The van der Waals surface area contributed by atoms with Crippen molar-refractivity contribution in [3.63, 3.8) is 0 Å². The molecule has 3 heterocycles. The second-order valence-corrected chi connectivity index (χ2v) is 8.72. The Morgan fingerprint density at radius 2 is 2.07 bits per heavy atom. The molecule has 6 heteroatoms. The number of aromatic nitrogens is 1. The van der Waals surface area contributed by atoms with E-state index in [0.29, 0.717) is 12.8 Å². The molecule has 1 unspecified atom stereocenters. The summed E-state index contributed by atoms with van der Waals surface area (Å²) in [6.45, 7) is 9.63. The lowest BCUT2D eigenvalue weighted by molar-refractivity contribution is -0.0363. The number of nitrogens with one attached hydrogen (secondary N) is 1. The number of aryl methyl sites for hydroxylation is 1. The van der Waals surface area contributed by atoms with E-state index in [1.165, 1.54) is 0 Å². The van der Waals surface area contributed by atoms with Crippen molar-refractivity contribution in [1.29, 1.82) is 0 Å². The first kappa shape index (κ1) is 20.4. The number of aliphatic hydroxyl groups excluding tert-OH is 1. The average molecular weight is 386 g/mol. The first-order valence-corrected chi connectivity index (χ1v) is 9.87. The Kier molecular flexibility index (Phi) is 5.79. The molecule has 2 aliphatic heterocycles. The van der Waals surface area contributed by atoms with Crippen LogP contribution < -0.4 is 5.32 Å². The Labute approximate surface area is 167 Å². The summed E-state index contributed by atoms with van der Waals surface area (Å²) in [5.41, 5.74) is 2.32. The minimum Gasteiger partial charge on any atom is -0.444 e. The summed E-state index contributed by atoms with van der Waals surface area (Å²) in [5, 5.41) is 14.0. The minimum absolute atomic E-state index is 0.0843. The predicted molar refractivity (Wildman–Crippen MR) is 109 cm³/mol. The molecule has 1 aromatic heterocycles. The second-order valence-electron chi connectivity index (χ2n) is 8.72. The predicted octanol–water partition coefficient (Wildman–Crippen LogP) is 3.62. The van der Waals surface area contributed by atoms with Crippen molar-refractivity contribution in [2.45, 2.75) is 77.3 Å². The van der Waals surface area contributed by atoms with Crippen molar-refractivity contribution in [2.75, 3.05) is 0 Å². The summed E-state index contributed by atoms with van der Waals surface area (Å²) in [6.07, 6.45) is 7.64. The number of hydrogen-bond donors (Lipinski definition) is 2. The summed E-state index contributed by atoms with van der Waals surface area (Å²) >= 11 is 0. The molecule has 0 saturated carbocycles. The van der Waals surface area contributed by atoms with Gasteiger partial charge in [-0.2, -0.15) is 0 Å². The maximum absolute atomic E-state index is 13.3. The van der Waals surface area contributed by atoms with E-state index in [0.717, 1.165) is 16.8 Å². The van der Waals surface area contributed by atoms with Gasteiger partial charge in [0.1, 0.15) is 5.60 Å². The highest BCUT2D eigenvalue weighted by Crippen LogP contribution is 2.38. The number of allylic oxidation sites excluding steroid dienone is 2. The van der Waals surface area contributed by atoms with Crippen LogP contribution in [0.3, 0.4) is 0 Å². The topological polar surface area (TPSA) is 74.7 Å². The van der Waals surface area contributed by atoms with Crippen molar-refractivity contribution in [3.8, 4) is 0 Å². The first-order valence-electron chi connectivity index (χ1n) is 9.87. The van der Waals surface area contributed by atoms with Crippen molar-refractivity contribution in [3.05, 3.63) is 53.5 Å². The number of aliphatic hydroxyl groups is 1. The smallest absolute Gasteiger partial charge is 0.411 e. The number of carbonyl (C=O) groups is 1. The van der Waals surface area contributed by atoms with Crippen molar-refractivity contribution in [1.82, 2.24) is 15.2 Å². The monoisotopic (exact) mass is 385 g/mol. The van der Waals surface area contributed by atoms with Gasteiger partial charge in [-0.25, -0.2) is 4.79 Å². The lowest BCUT2D eigenvalue weighted by atomic mass is 9.84. The fourth-order valence-corrected chi connectivity index (χ4v) is 4.06. The molecule has 4 atom stereocenters. The van der Waals surface area contributed by atoms with Crippen LogP contribution in [0, 0.1) is 6.92 Å². The third-order valence-electron chi connectivity index (χ3n) is 5.28. The van der Waals surface area contributed by atoms with Gasteiger partial charge in [-0.1, -0.05) is 12.1 Å². The van der Waals surface area contributed by atoms with E-state index < -0.39 is 11.7 Å². The molecule has 1 aromatic rings. The number of carbonyl (C=O) groups excluding carboxylic acids is 1. The van der Waals surface area contributed by atoms with E-state index in [1.54, 1.807) is 11.1 Å². The molecule has 3 rings (SSSR count). The molecule has 1 saturated heterocycles. The van der Waals surface area contributed by atoms with Crippen LogP contribution in [-0.4, -0.2) is 44.9 Å². The van der Waals surface area contributed by atoms with Crippen LogP contribution in [0.4, 0.5) is 4.79 Å². The summed E-state index contributed by atoms with van der Waals surface area (Å²) in [6, 6.07) is 3.20. The molecule has 0 spiro atoms. The summed E-state index contributed by atoms with van der Waals surface area (Å²) < 4.78 is 5.77. The van der Waals surface area contributed by atoms with E-state index in [2.05, 4.69) is 10.3 Å². The third-order valence-corrected chi connectivity index (χ3v) is 5.28. The van der Waals surface area contributed by atoms with E-state index in [1.807, 2.05) is 65.1 Å². The minimum atomic E-state index is -0.605. The molecule has 0 aliphatic carbocycles. The zero-order chi connectivity index (χ0) is 20.5. The second kappa shape index (κ2) is 7.95. The number of dihydropyridines is 1. The first-order chi connectivity index (χ1) is 13.2. The van der Waals surface area contributed by atoms with Gasteiger partial charge in [-0.3, -0.25) is 9.88 Å². The number of ether oxygens (including phenoxy) is 1. The number of likely N-dealkylation sites (tertiary alicyclic amines) is 1. The molecule has 1 amide bonds. The fourth-order valence-electron chi connectivity index (χ4n) is 4.06. The lowest BCUT2D eigenvalue weighted by Gasteiger charge is -2.47. The average Bonchev–Trinajstić information content (AvgIpc) is 2.60. The van der Waals surface area contributed by atoms with E-state index in [4.69, 9.17) is 4.74 Å². The maximum Gasteiger partial charge on any atom is 0.411 e. The molecule has 0 aromatic carbocycles. The van der Waals surface area contributed by atoms with E-state index in [-0.39, 0.29) is 24.2 Å². The zero-order valence-electron chi connectivity index (χ0n) is 17.3. The number of rotatable bonds is 2. The molecule has 0 radical (unpaired) electrons. The lowest BCUT2D eigenvalue weighted by Crippen LogP contribution is -2.58. The number of pyridine rings is 1. The van der Waals surface area contributed by atoms with Gasteiger partial charge in [0.25, 0.3) is 0 Å². The zero-order valence-corrected chi connectivity index (χ0v) is 17.3. The van der Waals surface area contributed by atoms with E-state index >= 15 is 0 Å². The number of piperidine rings is 1. The van der Waals surface area contributed by atoms with Crippen LogP contribution in [0.15, 0.2) is 42.3 Å². The van der Waals surface area contributed by atoms with Crippen LogP contribution in [0.1, 0.15) is 57.8 Å². The molecular weight excluding hydrogens is 354 g/mol. The Hall–Kier alpha value is -2.34. The van der Waals surface area contributed by atoms with Gasteiger partial charge in [0.15, 0.2) is 0 Å². The highest BCUT2D eigenvalue weighted by molar-refractivity contribution is 5.70. The standard InChI is InChI=1S/C22H31N3O3/c1-14-8-6-10-23-19(14)17-12-16(26)13-18(20-15(2)9-7-11-24-20)25(17)21(27)28-22(3,4)5/h6-11,16-19,23,26H,12-13H2,1-5H3/t16-,17-,18+,19?/m1/s1. The highest BCUT2D eigenvalue weighted by atomic mass is 16.6. The maximum atomic E-state index is 13.3. The Morgan fingerprint density at radius 1 is 1.32 bits per heavy atom. The Balaban J connectivity index is 2.03. The number of amides is 1. The third kappa shape index (κ3) is 4.38. The van der Waals surface area contributed by atoms with Gasteiger partial charge < -0.3 is 15.2 Å². The van der Waals surface area contributed by atoms with Gasteiger partial charge in [-0.15, -0.1) is 0 Å². The van der Waals surface area contributed by atoms with Crippen molar-refractivity contribution >= 4 is 6.09 Å². The SMILES string of the molecule is CC1=CC=CNC1[C@H]1C[C@@H](O)C[C@@H](c2ncccc2C)N1C(=O)OC(C)(C)C. The molecule has 0 bridgehead atoms. The molecule has 152 valence electrons. The van der Waals surface area contributed by atoms with Crippen molar-refractivity contribution < 1.29 is 14.6 Å². The molecule has 6 nitrogen and oxygen atoms in total. The number of hydrogen-bond acceptors (Lipinski definition) is 5. The summed E-state index contributed by atoms with van der Waals surface area (Å²) in [7, 11) is 0. The van der Waals surface area contributed by atoms with Gasteiger partial charge in [0.05, 0.1) is 29.9 Å². The molecular formula is C22H31N3O3. The van der Waals surface area contributed by atoms with Gasteiger partial charge in [0.2, 0.25) is 0 Å². The normalized spacial score (nSPS) is 27.8. The summed E-state index contributed by atoms with van der Waals surface area (Å²) in [4.78, 5) is 19.7. The molecule has 1 fully saturated rings. The molecule has 2 N–H and O–H groups in total. The van der Waals surface area contributed by atoms with Gasteiger partial charge >= 0.3 is 6.09 Å². The highest BCUT2D eigenvalue weighted by Gasteiger charge is 2.45. The number of nitrogens with zero attached hydrogens (tertiary/aromatic N) is 2. The van der Waals surface area contributed by atoms with Crippen LogP contribution in [0.2, 0.25) is 0 Å². The van der Waals surface area contributed by atoms with Crippen LogP contribution in [0.25, 0.3) is 0 Å². The van der Waals surface area contributed by atoms with Crippen LogP contribution in [0.5, 0.6) is 0 Å². The van der Waals surface area contributed by atoms with Crippen LogP contribution in [-0.2, 0) is 4.74 Å². The molecule has 2 aliphatic rings. The summed E-state index contributed by atoms with van der Waals surface area (Å²) in [5.74, 6) is 0. The molecule has 28 heavy (non-hydrogen) atoms. The van der Waals surface area contributed by atoms with E-state index in [9.17, 15) is 9.90 Å². The fraction of sp³-hybridized carbons (Fsp3) is 0.545. The Bertz CT molecular complexity index is 781. The quantitative estimate of drug-likeness (QED) is 0.813. The Morgan fingerprint density at radius 3 is 2.71 bits per heavy atom. The van der Waals surface area contributed by atoms with Gasteiger partial charge in [0, 0.05) is 6.20 Å².